The van der Waals surface area contributed by atoms with Crippen LogP contribution in [0.3, 0.4) is 0 Å². The van der Waals surface area contributed by atoms with Gasteiger partial charge in [-0.1, -0.05) is 50.2 Å². The number of hydrogen-bond donors (Lipinski definition) is 0. The van der Waals surface area contributed by atoms with Crippen LogP contribution >= 0.6 is 0 Å². The molecule has 0 aliphatic rings. The Morgan fingerprint density at radius 1 is 0.970 bits per heavy atom. The van der Waals surface area contributed by atoms with E-state index in [1.165, 1.54) is 16.6 Å². The van der Waals surface area contributed by atoms with Crippen molar-refractivity contribution < 1.29 is 17.6 Å². The minimum Gasteiger partial charge on any atom is -0.482 e. The summed E-state index contributed by atoms with van der Waals surface area (Å²) < 4.78 is 39.8. The van der Waals surface area contributed by atoms with E-state index in [4.69, 9.17) is 9.15 Å². The normalized spacial score (nSPS) is 11.8. The standard InChI is InChI=1S/C25H26N2O5S/c1-3-27(4-2)33(29,30)23-11-9-19(10-12-23)17-32-25-18-31-22(13-24(25)28)16-26-14-20-7-5-6-8-21(20)15-26/h5-15,18H,3-4,16-17H2,1-2H3. The molecule has 33 heavy (non-hydrogen) atoms. The number of fused-ring (bicyclic) bond motifs is 1. The number of ether oxygens (including phenoxy) is 1. The van der Waals surface area contributed by atoms with Crippen molar-refractivity contribution in [2.24, 2.45) is 0 Å². The maximum absolute atomic E-state index is 12.6. The smallest absolute Gasteiger partial charge is 0.243 e. The quantitative estimate of drug-likeness (QED) is 0.368. The highest BCUT2D eigenvalue weighted by Crippen LogP contribution is 2.18. The van der Waals surface area contributed by atoms with E-state index in [1.54, 1.807) is 38.1 Å². The molecule has 0 bridgehead atoms. The molecule has 0 N–H and O–H groups in total. The largest absolute Gasteiger partial charge is 0.482 e. The second-order valence-electron chi connectivity index (χ2n) is 7.66. The number of hydrogen-bond acceptors (Lipinski definition) is 5. The van der Waals surface area contributed by atoms with Gasteiger partial charge in [-0.3, -0.25) is 4.79 Å². The summed E-state index contributed by atoms with van der Waals surface area (Å²) in [6.45, 7) is 5.00. The van der Waals surface area contributed by atoms with Gasteiger partial charge in [0.25, 0.3) is 0 Å². The number of rotatable bonds is 9. The molecule has 7 nitrogen and oxygen atoms in total. The summed E-state index contributed by atoms with van der Waals surface area (Å²) in [4.78, 5) is 12.7. The van der Waals surface area contributed by atoms with Gasteiger partial charge in [0, 0.05) is 31.5 Å². The van der Waals surface area contributed by atoms with Crippen LogP contribution in [0, 0.1) is 0 Å². The van der Waals surface area contributed by atoms with Crippen LogP contribution in [0.4, 0.5) is 0 Å². The van der Waals surface area contributed by atoms with Crippen molar-refractivity contribution in [2.75, 3.05) is 13.1 Å². The second kappa shape index (κ2) is 9.64. The zero-order valence-electron chi connectivity index (χ0n) is 18.6. The van der Waals surface area contributed by atoms with Crippen LogP contribution in [0.5, 0.6) is 5.75 Å². The van der Waals surface area contributed by atoms with E-state index in [0.29, 0.717) is 25.4 Å². The highest BCUT2D eigenvalue weighted by atomic mass is 32.2. The average Bonchev–Trinajstić information content (AvgIpc) is 3.22. The molecule has 8 heteroatoms. The number of benzene rings is 2. The molecule has 2 heterocycles. The second-order valence-corrected chi connectivity index (χ2v) is 9.59. The average molecular weight is 467 g/mol. The van der Waals surface area contributed by atoms with Crippen LogP contribution in [0.15, 0.2) is 87.4 Å². The van der Waals surface area contributed by atoms with E-state index in [0.717, 1.165) is 16.3 Å². The lowest BCUT2D eigenvalue weighted by atomic mass is 10.2. The molecule has 2 aromatic carbocycles. The lowest BCUT2D eigenvalue weighted by molar-refractivity contribution is 0.289. The Hall–Kier alpha value is -3.36. The van der Waals surface area contributed by atoms with Gasteiger partial charge in [0.2, 0.25) is 21.2 Å². The summed E-state index contributed by atoms with van der Waals surface area (Å²) in [5.41, 5.74) is 0.477. The van der Waals surface area contributed by atoms with Gasteiger partial charge in [0.15, 0.2) is 0 Å². The molecule has 4 aromatic rings. The Morgan fingerprint density at radius 2 is 1.61 bits per heavy atom. The van der Waals surface area contributed by atoms with Gasteiger partial charge < -0.3 is 13.7 Å². The van der Waals surface area contributed by atoms with Crippen LogP contribution in [-0.4, -0.2) is 30.4 Å². The van der Waals surface area contributed by atoms with Crippen molar-refractivity contribution in [1.29, 1.82) is 0 Å². The summed E-state index contributed by atoms with van der Waals surface area (Å²) >= 11 is 0. The third kappa shape index (κ3) is 5.02. The Balaban J connectivity index is 1.41. The van der Waals surface area contributed by atoms with Crippen molar-refractivity contribution >= 4 is 20.8 Å². The molecule has 0 radical (unpaired) electrons. The molecule has 0 atom stereocenters. The fraction of sp³-hybridized carbons (Fsp3) is 0.240. The number of sulfonamides is 1. The topological polar surface area (TPSA) is 81.8 Å². The third-order valence-corrected chi connectivity index (χ3v) is 7.52. The first kappa shape index (κ1) is 22.8. The van der Waals surface area contributed by atoms with Gasteiger partial charge in [-0.05, 0) is 28.5 Å². The first-order valence-electron chi connectivity index (χ1n) is 10.8. The first-order valence-corrected chi connectivity index (χ1v) is 12.2. The molecule has 0 saturated carbocycles. The van der Waals surface area contributed by atoms with Crippen LogP contribution in [0.25, 0.3) is 10.8 Å². The summed E-state index contributed by atoms with van der Waals surface area (Å²) in [5, 5.41) is 2.24. The highest BCUT2D eigenvalue weighted by molar-refractivity contribution is 7.89. The van der Waals surface area contributed by atoms with E-state index >= 15 is 0 Å². The molecule has 0 spiro atoms. The van der Waals surface area contributed by atoms with Gasteiger partial charge in [-0.2, -0.15) is 4.31 Å². The van der Waals surface area contributed by atoms with Gasteiger partial charge in [-0.15, -0.1) is 0 Å². The van der Waals surface area contributed by atoms with Crippen LogP contribution in [0.2, 0.25) is 0 Å². The summed E-state index contributed by atoms with van der Waals surface area (Å²) in [6, 6.07) is 15.9. The van der Waals surface area contributed by atoms with E-state index in [2.05, 4.69) is 0 Å². The van der Waals surface area contributed by atoms with Crippen molar-refractivity contribution in [3.63, 3.8) is 0 Å². The number of aromatic nitrogens is 1. The Kier molecular flexibility index (Phi) is 6.67. The molecule has 0 fully saturated rings. The third-order valence-electron chi connectivity index (χ3n) is 5.46. The van der Waals surface area contributed by atoms with E-state index < -0.39 is 10.0 Å². The number of nitrogens with zero attached hydrogens (tertiary/aromatic N) is 2. The van der Waals surface area contributed by atoms with Gasteiger partial charge in [0.1, 0.15) is 18.6 Å². The zero-order valence-corrected chi connectivity index (χ0v) is 19.4. The van der Waals surface area contributed by atoms with Crippen molar-refractivity contribution in [3.8, 4) is 5.75 Å². The molecule has 172 valence electrons. The van der Waals surface area contributed by atoms with Crippen LogP contribution < -0.4 is 10.2 Å². The molecule has 4 rings (SSSR count). The predicted octanol–water partition coefficient (Wildman–Crippen LogP) is 4.25. The van der Waals surface area contributed by atoms with E-state index in [9.17, 15) is 13.2 Å². The summed E-state index contributed by atoms with van der Waals surface area (Å²) in [6.07, 6.45) is 5.33. The molecule has 0 unspecified atom stereocenters. The highest BCUT2D eigenvalue weighted by Gasteiger charge is 2.21. The van der Waals surface area contributed by atoms with Gasteiger partial charge >= 0.3 is 0 Å². The SMILES string of the molecule is CCN(CC)S(=O)(=O)c1ccc(COc2coc(Cn3cc4ccccc4c3)cc2=O)cc1. The maximum atomic E-state index is 12.6. The summed E-state index contributed by atoms with van der Waals surface area (Å²) in [7, 11) is -3.51. The minimum absolute atomic E-state index is 0.108. The molecule has 2 aromatic heterocycles. The van der Waals surface area contributed by atoms with E-state index in [-0.39, 0.29) is 22.7 Å². The van der Waals surface area contributed by atoms with Crippen LogP contribution in [0.1, 0.15) is 25.2 Å². The monoisotopic (exact) mass is 466 g/mol. The lowest BCUT2D eigenvalue weighted by Gasteiger charge is -2.18. The van der Waals surface area contributed by atoms with Crippen molar-refractivity contribution in [3.05, 3.63) is 94.8 Å². The minimum atomic E-state index is -3.51. The molecular weight excluding hydrogens is 440 g/mol. The maximum Gasteiger partial charge on any atom is 0.243 e. The lowest BCUT2D eigenvalue weighted by Crippen LogP contribution is -2.30. The molecule has 0 amide bonds. The fourth-order valence-electron chi connectivity index (χ4n) is 3.67. The fourth-order valence-corrected chi connectivity index (χ4v) is 5.13. The molecular formula is C25H26N2O5S. The van der Waals surface area contributed by atoms with Gasteiger partial charge in [0.05, 0.1) is 11.4 Å². The van der Waals surface area contributed by atoms with Crippen LogP contribution in [-0.2, 0) is 23.2 Å². The first-order chi connectivity index (χ1) is 15.9. The Morgan fingerprint density at radius 3 is 2.18 bits per heavy atom. The Bertz CT molecular complexity index is 1370. The Labute approximate surface area is 192 Å². The molecule has 0 saturated heterocycles. The van der Waals surface area contributed by atoms with Crippen molar-refractivity contribution in [2.45, 2.75) is 31.9 Å². The predicted molar refractivity (Wildman–Crippen MR) is 127 cm³/mol. The van der Waals surface area contributed by atoms with Gasteiger partial charge in [-0.25, -0.2) is 8.42 Å². The summed E-state index contributed by atoms with van der Waals surface area (Å²) in [5.74, 6) is 0.634. The van der Waals surface area contributed by atoms with Crippen molar-refractivity contribution in [1.82, 2.24) is 8.87 Å². The zero-order chi connectivity index (χ0) is 23.4. The molecule has 0 aliphatic carbocycles. The molecule has 0 aliphatic heterocycles. The van der Waals surface area contributed by atoms with E-state index in [1.807, 2.05) is 41.2 Å².